The fourth-order valence-electron chi connectivity index (χ4n) is 3.25. The van der Waals surface area contributed by atoms with Gasteiger partial charge in [0.15, 0.2) is 0 Å². The Kier molecular flexibility index (Phi) is 4.57. The van der Waals surface area contributed by atoms with Gasteiger partial charge in [0.2, 0.25) is 0 Å². The lowest BCUT2D eigenvalue weighted by Gasteiger charge is -2.32. The van der Waals surface area contributed by atoms with Crippen LogP contribution in [-0.4, -0.2) is 36.2 Å². The summed E-state index contributed by atoms with van der Waals surface area (Å²) in [5, 5.41) is 3.38. The van der Waals surface area contributed by atoms with Gasteiger partial charge in [-0.1, -0.05) is 26.0 Å². The number of halogens is 1. The molecule has 1 N–H and O–H groups in total. The molecule has 2 aliphatic rings. The first-order valence-corrected chi connectivity index (χ1v) is 7.98. The van der Waals surface area contributed by atoms with Crippen LogP contribution in [-0.2, 0) is 17.8 Å². The summed E-state index contributed by atoms with van der Waals surface area (Å²) in [5.74, 6) is -0.0952. The van der Waals surface area contributed by atoms with Crippen molar-refractivity contribution in [3.63, 3.8) is 0 Å². The van der Waals surface area contributed by atoms with Gasteiger partial charge in [0.1, 0.15) is 5.82 Å². The van der Waals surface area contributed by atoms with Gasteiger partial charge in [0.25, 0.3) is 0 Å². The number of nitrogens with one attached hydrogen (secondary N) is 1. The fraction of sp³-hybridized carbons (Fsp3) is 0.647. The van der Waals surface area contributed by atoms with Gasteiger partial charge in [-0.25, -0.2) is 4.39 Å². The van der Waals surface area contributed by atoms with Crippen LogP contribution >= 0.6 is 0 Å². The van der Waals surface area contributed by atoms with Crippen molar-refractivity contribution in [1.82, 2.24) is 10.2 Å². The van der Waals surface area contributed by atoms with Gasteiger partial charge in [-0.2, -0.15) is 0 Å². The van der Waals surface area contributed by atoms with E-state index in [1.165, 1.54) is 0 Å². The lowest BCUT2D eigenvalue weighted by atomic mass is 10.1. The standard InChI is InChI=1S/C17H25FN2O/c1-12(2)19-8-13-3-6-17(18)14(7-13)9-20-10-15-4-5-16(11-20)21-15/h3,6-7,12,15-16,19H,4-5,8-11H2,1-2H3. The van der Waals surface area contributed by atoms with Crippen LogP contribution in [0.15, 0.2) is 18.2 Å². The van der Waals surface area contributed by atoms with Crippen LogP contribution in [0, 0.1) is 5.82 Å². The molecule has 1 aromatic carbocycles. The van der Waals surface area contributed by atoms with E-state index < -0.39 is 0 Å². The molecular formula is C17H25FN2O. The molecule has 2 fully saturated rings. The molecule has 2 unspecified atom stereocenters. The van der Waals surface area contributed by atoms with Gasteiger partial charge in [-0.3, -0.25) is 4.90 Å². The molecule has 0 saturated carbocycles. The van der Waals surface area contributed by atoms with Crippen LogP contribution in [0.5, 0.6) is 0 Å². The quantitative estimate of drug-likeness (QED) is 0.903. The Balaban J connectivity index is 1.65. The monoisotopic (exact) mass is 292 g/mol. The zero-order chi connectivity index (χ0) is 14.8. The van der Waals surface area contributed by atoms with E-state index in [1.807, 2.05) is 12.1 Å². The number of hydrogen-bond donors (Lipinski definition) is 1. The molecule has 3 nitrogen and oxygen atoms in total. The van der Waals surface area contributed by atoms with E-state index in [4.69, 9.17) is 4.74 Å². The van der Waals surface area contributed by atoms with E-state index in [2.05, 4.69) is 24.1 Å². The maximum atomic E-state index is 14.1. The summed E-state index contributed by atoms with van der Waals surface area (Å²) in [7, 11) is 0. The number of likely N-dealkylation sites (tertiary alicyclic amines) is 1. The molecule has 0 spiro atoms. The third-order valence-corrected chi connectivity index (χ3v) is 4.34. The normalized spacial score (nSPS) is 25.7. The summed E-state index contributed by atoms with van der Waals surface area (Å²) in [6.07, 6.45) is 3.03. The third-order valence-electron chi connectivity index (χ3n) is 4.34. The predicted octanol–water partition coefficient (Wildman–Crippen LogP) is 2.69. The summed E-state index contributed by atoms with van der Waals surface area (Å²) in [4.78, 5) is 2.34. The first-order valence-electron chi connectivity index (χ1n) is 7.98. The largest absolute Gasteiger partial charge is 0.372 e. The fourth-order valence-corrected chi connectivity index (χ4v) is 3.25. The van der Waals surface area contributed by atoms with Gasteiger partial charge in [-0.05, 0) is 24.5 Å². The Morgan fingerprint density at radius 1 is 1.29 bits per heavy atom. The number of rotatable bonds is 5. The molecule has 2 atom stereocenters. The van der Waals surface area contributed by atoms with E-state index in [-0.39, 0.29) is 5.82 Å². The predicted molar refractivity (Wildman–Crippen MR) is 81.5 cm³/mol. The first-order chi connectivity index (χ1) is 10.1. The minimum atomic E-state index is -0.0952. The van der Waals surface area contributed by atoms with Crippen LogP contribution < -0.4 is 5.32 Å². The minimum Gasteiger partial charge on any atom is -0.372 e. The van der Waals surface area contributed by atoms with E-state index >= 15 is 0 Å². The molecule has 21 heavy (non-hydrogen) atoms. The van der Waals surface area contributed by atoms with E-state index in [0.717, 1.165) is 43.6 Å². The highest BCUT2D eigenvalue weighted by molar-refractivity contribution is 5.25. The Bertz CT molecular complexity index is 480. The van der Waals surface area contributed by atoms with Crippen LogP contribution in [0.25, 0.3) is 0 Å². The van der Waals surface area contributed by atoms with Gasteiger partial charge < -0.3 is 10.1 Å². The highest BCUT2D eigenvalue weighted by atomic mass is 19.1. The number of morpholine rings is 1. The molecule has 0 amide bonds. The first kappa shape index (κ1) is 14.9. The van der Waals surface area contributed by atoms with Crippen LogP contribution in [0.1, 0.15) is 37.8 Å². The lowest BCUT2D eigenvalue weighted by molar-refractivity contribution is -0.0413. The van der Waals surface area contributed by atoms with Crippen molar-refractivity contribution >= 4 is 0 Å². The molecule has 2 bridgehead atoms. The van der Waals surface area contributed by atoms with Crippen molar-refractivity contribution in [1.29, 1.82) is 0 Å². The SMILES string of the molecule is CC(C)NCc1ccc(F)c(CN2CC3CCC(C2)O3)c1. The van der Waals surface area contributed by atoms with Crippen LogP contribution in [0.3, 0.4) is 0 Å². The van der Waals surface area contributed by atoms with E-state index in [0.29, 0.717) is 24.8 Å². The second-order valence-corrected chi connectivity index (χ2v) is 6.61. The number of benzene rings is 1. The second-order valence-electron chi connectivity index (χ2n) is 6.61. The summed E-state index contributed by atoms with van der Waals surface area (Å²) in [6, 6.07) is 5.91. The second kappa shape index (κ2) is 6.42. The Morgan fingerprint density at radius 2 is 2.00 bits per heavy atom. The average molecular weight is 292 g/mol. The zero-order valence-corrected chi connectivity index (χ0v) is 12.9. The Labute approximate surface area is 126 Å². The average Bonchev–Trinajstić information content (AvgIpc) is 2.79. The van der Waals surface area contributed by atoms with Crippen molar-refractivity contribution in [3.05, 3.63) is 35.1 Å². The van der Waals surface area contributed by atoms with Gasteiger partial charge in [0, 0.05) is 37.8 Å². The molecule has 1 aromatic rings. The Morgan fingerprint density at radius 3 is 2.67 bits per heavy atom. The molecule has 0 radical (unpaired) electrons. The number of fused-ring (bicyclic) bond motifs is 2. The van der Waals surface area contributed by atoms with Gasteiger partial charge >= 0.3 is 0 Å². The third kappa shape index (κ3) is 3.82. The number of hydrogen-bond acceptors (Lipinski definition) is 3. The van der Waals surface area contributed by atoms with Gasteiger partial charge in [0.05, 0.1) is 12.2 Å². The molecule has 0 aromatic heterocycles. The summed E-state index contributed by atoms with van der Waals surface area (Å²) in [5.41, 5.74) is 1.95. The molecule has 3 rings (SSSR count). The maximum absolute atomic E-state index is 14.1. The van der Waals surface area contributed by atoms with Crippen molar-refractivity contribution in [2.24, 2.45) is 0 Å². The van der Waals surface area contributed by atoms with E-state index in [9.17, 15) is 4.39 Å². The zero-order valence-electron chi connectivity index (χ0n) is 12.9. The van der Waals surface area contributed by atoms with Gasteiger partial charge in [-0.15, -0.1) is 0 Å². The van der Waals surface area contributed by atoms with Crippen molar-refractivity contribution in [3.8, 4) is 0 Å². The molecule has 4 heteroatoms. The molecule has 116 valence electrons. The number of nitrogens with zero attached hydrogens (tertiary/aromatic N) is 1. The lowest BCUT2D eigenvalue weighted by Crippen LogP contribution is -2.42. The van der Waals surface area contributed by atoms with Crippen molar-refractivity contribution in [2.75, 3.05) is 13.1 Å². The molecule has 2 saturated heterocycles. The maximum Gasteiger partial charge on any atom is 0.127 e. The van der Waals surface area contributed by atoms with Crippen LogP contribution in [0.4, 0.5) is 4.39 Å². The molecule has 2 aliphatic heterocycles. The summed E-state index contributed by atoms with van der Waals surface area (Å²) in [6.45, 7) is 7.59. The Hall–Kier alpha value is -0.970. The summed E-state index contributed by atoms with van der Waals surface area (Å²) < 4.78 is 19.9. The topological polar surface area (TPSA) is 24.5 Å². The van der Waals surface area contributed by atoms with Crippen molar-refractivity contribution < 1.29 is 9.13 Å². The number of ether oxygens (including phenoxy) is 1. The highest BCUT2D eigenvalue weighted by Crippen LogP contribution is 2.27. The summed E-state index contributed by atoms with van der Waals surface area (Å²) >= 11 is 0. The molecular weight excluding hydrogens is 267 g/mol. The minimum absolute atomic E-state index is 0.0952. The molecule has 2 heterocycles. The van der Waals surface area contributed by atoms with Crippen LogP contribution in [0.2, 0.25) is 0 Å². The van der Waals surface area contributed by atoms with E-state index in [1.54, 1.807) is 6.07 Å². The van der Waals surface area contributed by atoms with Crippen molar-refractivity contribution in [2.45, 2.75) is 58.0 Å². The molecule has 0 aliphatic carbocycles. The smallest absolute Gasteiger partial charge is 0.127 e. The highest BCUT2D eigenvalue weighted by Gasteiger charge is 2.33.